The summed E-state index contributed by atoms with van der Waals surface area (Å²) in [5, 5.41) is 19.2. The van der Waals surface area contributed by atoms with Gasteiger partial charge in [0.15, 0.2) is 0 Å². The first kappa shape index (κ1) is 26.3. The van der Waals surface area contributed by atoms with Gasteiger partial charge >= 0.3 is 6.09 Å². The van der Waals surface area contributed by atoms with Crippen LogP contribution in [0.2, 0.25) is 5.02 Å². The smallest absolute Gasteiger partial charge is 0.411 e. The number of carbonyl (C=O) groups is 3. The van der Waals surface area contributed by atoms with Crippen LogP contribution in [0.3, 0.4) is 0 Å². The second-order valence-corrected chi connectivity index (χ2v) is 10.4. The summed E-state index contributed by atoms with van der Waals surface area (Å²) < 4.78 is 11.4. The normalized spacial score (nSPS) is 22.7. The minimum atomic E-state index is -1.10. The average Bonchev–Trinajstić information content (AvgIpc) is 3.52. The lowest BCUT2D eigenvalue weighted by Crippen LogP contribution is -2.55. The molecule has 3 unspecified atom stereocenters. The number of piperidine rings is 1. The molecule has 2 fully saturated rings. The third kappa shape index (κ3) is 5.72. The van der Waals surface area contributed by atoms with Crippen molar-refractivity contribution in [2.45, 2.75) is 51.6 Å². The van der Waals surface area contributed by atoms with Crippen LogP contribution in [-0.2, 0) is 22.7 Å². The van der Waals surface area contributed by atoms with Crippen molar-refractivity contribution in [3.05, 3.63) is 57.6 Å². The summed E-state index contributed by atoms with van der Waals surface area (Å²) in [6.07, 6.45) is -0.0404. The molecule has 2 aromatic carbocycles. The number of nitrogens with zero attached hydrogens (tertiary/aromatic N) is 1. The van der Waals surface area contributed by atoms with Crippen LogP contribution in [0.1, 0.15) is 46.3 Å². The SMILES string of the molecule is Cc1c(Cl)cc(NC(=O)OCc2ccc3c(c2)C(=O)N(C2CCC(=O)NC2O)C3)cc1OCC1CCNC1. The number of hydrogen-bond donors (Lipinski definition) is 4. The van der Waals surface area contributed by atoms with Crippen LogP contribution in [0, 0.1) is 12.8 Å². The monoisotopic (exact) mass is 542 g/mol. The van der Waals surface area contributed by atoms with Crippen molar-refractivity contribution >= 4 is 35.2 Å². The van der Waals surface area contributed by atoms with E-state index in [1.54, 1.807) is 29.2 Å². The van der Waals surface area contributed by atoms with Gasteiger partial charge in [0.2, 0.25) is 5.91 Å². The van der Waals surface area contributed by atoms with Crippen LogP contribution < -0.4 is 20.7 Å². The van der Waals surface area contributed by atoms with Crippen molar-refractivity contribution in [3.63, 3.8) is 0 Å². The van der Waals surface area contributed by atoms with Gasteiger partial charge in [-0.25, -0.2) is 4.79 Å². The summed E-state index contributed by atoms with van der Waals surface area (Å²) in [5.41, 5.74) is 3.24. The number of benzene rings is 2. The molecule has 2 aromatic rings. The average molecular weight is 543 g/mol. The minimum Gasteiger partial charge on any atom is -0.493 e. The Morgan fingerprint density at radius 3 is 2.84 bits per heavy atom. The summed E-state index contributed by atoms with van der Waals surface area (Å²) in [7, 11) is 0. The number of nitrogens with one attached hydrogen (secondary N) is 3. The maximum atomic E-state index is 13.0. The summed E-state index contributed by atoms with van der Waals surface area (Å²) in [5.74, 6) is 0.606. The van der Waals surface area contributed by atoms with Gasteiger partial charge in [0.1, 0.15) is 18.6 Å². The molecule has 11 heteroatoms. The van der Waals surface area contributed by atoms with Gasteiger partial charge in [-0.1, -0.05) is 23.7 Å². The van der Waals surface area contributed by atoms with Crippen LogP contribution in [0.15, 0.2) is 30.3 Å². The number of anilines is 1. The van der Waals surface area contributed by atoms with E-state index < -0.39 is 18.4 Å². The Balaban J connectivity index is 1.17. The van der Waals surface area contributed by atoms with Crippen LogP contribution >= 0.6 is 11.6 Å². The van der Waals surface area contributed by atoms with Crippen molar-refractivity contribution in [2.24, 2.45) is 5.92 Å². The summed E-state index contributed by atoms with van der Waals surface area (Å²) in [6, 6.07) is 8.21. The molecule has 3 heterocycles. The quantitative estimate of drug-likeness (QED) is 0.423. The van der Waals surface area contributed by atoms with Gasteiger partial charge in [0, 0.05) is 53.3 Å². The highest BCUT2D eigenvalue weighted by Gasteiger charge is 2.39. The number of aliphatic hydroxyl groups is 1. The summed E-state index contributed by atoms with van der Waals surface area (Å²) in [6.45, 7) is 4.66. The van der Waals surface area contributed by atoms with E-state index in [2.05, 4.69) is 16.0 Å². The topological polar surface area (TPSA) is 129 Å². The predicted molar refractivity (Wildman–Crippen MR) is 140 cm³/mol. The number of carbonyl (C=O) groups excluding carboxylic acids is 3. The zero-order valence-corrected chi connectivity index (χ0v) is 21.8. The first-order chi connectivity index (χ1) is 18.3. The molecule has 3 amide bonds. The van der Waals surface area contributed by atoms with E-state index in [4.69, 9.17) is 21.1 Å². The van der Waals surface area contributed by atoms with E-state index in [9.17, 15) is 19.5 Å². The first-order valence-corrected chi connectivity index (χ1v) is 13.1. The fourth-order valence-corrected chi connectivity index (χ4v) is 5.28. The fourth-order valence-electron chi connectivity index (χ4n) is 5.07. The molecule has 0 spiro atoms. The van der Waals surface area contributed by atoms with Gasteiger partial charge in [-0.2, -0.15) is 0 Å². The highest BCUT2D eigenvalue weighted by Crippen LogP contribution is 2.32. The fraction of sp³-hybridized carbons (Fsp3) is 0.444. The highest BCUT2D eigenvalue weighted by molar-refractivity contribution is 6.31. The highest BCUT2D eigenvalue weighted by atomic mass is 35.5. The Hall–Kier alpha value is -3.34. The molecule has 38 heavy (non-hydrogen) atoms. The molecule has 3 aliphatic heterocycles. The molecule has 5 rings (SSSR count). The van der Waals surface area contributed by atoms with Gasteiger partial charge in [0.25, 0.3) is 5.91 Å². The number of aliphatic hydroxyl groups excluding tert-OH is 1. The number of amides is 3. The second-order valence-electron chi connectivity index (χ2n) is 10.00. The molecule has 4 N–H and O–H groups in total. The Kier molecular flexibility index (Phi) is 7.73. The van der Waals surface area contributed by atoms with E-state index >= 15 is 0 Å². The van der Waals surface area contributed by atoms with Gasteiger partial charge < -0.3 is 30.1 Å². The van der Waals surface area contributed by atoms with Crippen LogP contribution in [0.5, 0.6) is 5.75 Å². The second kappa shape index (κ2) is 11.2. The molecule has 0 aliphatic carbocycles. The molecule has 2 saturated heterocycles. The number of hydrogen-bond acceptors (Lipinski definition) is 7. The number of rotatable bonds is 7. The third-order valence-electron chi connectivity index (χ3n) is 7.30. The van der Waals surface area contributed by atoms with Crippen LogP contribution in [0.25, 0.3) is 0 Å². The van der Waals surface area contributed by atoms with E-state index in [1.165, 1.54) is 0 Å². The molecule has 0 aromatic heterocycles. The lowest BCUT2D eigenvalue weighted by Gasteiger charge is -2.35. The lowest BCUT2D eigenvalue weighted by molar-refractivity contribution is -0.129. The molecule has 3 aliphatic rings. The van der Waals surface area contributed by atoms with Crippen molar-refractivity contribution < 1.29 is 29.0 Å². The van der Waals surface area contributed by atoms with Gasteiger partial charge in [0.05, 0.1) is 12.6 Å². The molecule has 0 saturated carbocycles. The predicted octanol–water partition coefficient (Wildman–Crippen LogP) is 2.94. The number of halogens is 1. The van der Waals surface area contributed by atoms with E-state index in [-0.39, 0.29) is 24.8 Å². The lowest BCUT2D eigenvalue weighted by atomic mass is 10.0. The van der Waals surface area contributed by atoms with Crippen molar-refractivity contribution in [1.82, 2.24) is 15.5 Å². The minimum absolute atomic E-state index is 0.0356. The largest absolute Gasteiger partial charge is 0.493 e. The van der Waals surface area contributed by atoms with Crippen molar-refractivity contribution in [2.75, 3.05) is 25.0 Å². The first-order valence-electron chi connectivity index (χ1n) is 12.8. The van der Waals surface area contributed by atoms with Crippen molar-refractivity contribution in [1.29, 1.82) is 0 Å². The van der Waals surface area contributed by atoms with Gasteiger partial charge in [-0.15, -0.1) is 0 Å². The standard InChI is InChI=1S/C27H31ClN4O6/c1-15-21(28)9-19(10-23(15)37-14-17-6-7-29-11-17)30-27(36)38-13-16-2-3-18-12-32(26(35)20(18)8-16)22-4-5-24(33)31-25(22)34/h2-3,8-10,17,22,25,29,34H,4-7,11-14H2,1H3,(H,30,36)(H,31,33). The van der Waals surface area contributed by atoms with Gasteiger partial charge in [-0.3, -0.25) is 14.9 Å². The summed E-state index contributed by atoms with van der Waals surface area (Å²) in [4.78, 5) is 38.6. The van der Waals surface area contributed by atoms with Gasteiger partial charge in [-0.05, 0) is 49.6 Å². The Morgan fingerprint density at radius 1 is 1.24 bits per heavy atom. The van der Waals surface area contributed by atoms with E-state index in [0.29, 0.717) is 53.1 Å². The number of fused-ring (bicyclic) bond motifs is 1. The summed E-state index contributed by atoms with van der Waals surface area (Å²) >= 11 is 6.37. The van der Waals surface area contributed by atoms with E-state index in [0.717, 1.165) is 30.6 Å². The van der Waals surface area contributed by atoms with Crippen LogP contribution in [0.4, 0.5) is 10.5 Å². The zero-order chi connectivity index (χ0) is 26.8. The molecule has 3 atom stereocenters. The van der Waals surface area contributed by atoms with Crippen molar-refractivity contribution in [3.8, 4) is 5.75 Å². The number of ether oxygens (including phenoxy) is 2. The molecule has 202 valence electrons. The molecular weight excluding hydrogens is 512 g/mol. The van der Waals surface area contributed by atoms with Crippen LogP contribution in [-0.4, -0.2) is 59.9 Å². The molecular formula is C27H31ClN4O6. The maximum Gasteiger partial charge on any atom is 0.411 e. The molecule has 0 radical (unpaired) electrons. The Bertz CT molecular complexity index is 1250. The maximum absolute atomic E-state index is 13.0. The zero-order valence-electron chi connectivity index (χ0n) is 21.1. The Labute approximate surface area is 225 Å². The molecule has 0 bridgehead atoms. The Morgan fingerprint density at radius 2 is 2.08 bits per heavy atom. The molecule has 10 nitrogen and oxygen atoms in total. The third-order valence-corrected chi connectivity index (χ3v) is 7.69. The van der Waals surface area contributed by atoms with E-state index in [1.807, 2.05) is 13.0 Å².